The summed E-state index contributed by atoms with van der Waals surface area (Å²) in [5, 5.41) is 4.54. The second-order valence-electron chi connectivity index (χ2n) is 7.90. The van der Waals surface area contributed by atoms with E-state index in [1.807, 2.05) is 17.8 Å². The molecule has 1 saturated heterocycles. The fourth-order valence-corrected chi connectivity index (χ4v) is 4.07. The van der Waals surface area contributed by atoms with Crippen molar-refractivity contribution in [1.82, 2.24) is 24.5 Å². The topological polar surface area (TPSA) is 44.6 Å². The van der Waals surface area contributed by atoms with E-state index in [9.17, 15) is 4.79 Å². The van der Waals surface area contributed by atoms with Crippen molar-refractivity contribution >= 4 is 5.91 Å². The molecule has 2 aromatic rings. The minimum Gasteiger partial charge on any atom is -0.336 e. The van der Waals surface area contributed by atoms with Gasteiger partial charge in [0, 0.05) is 33.2 Å². The third-order valence-corrected chi connectivity index (χ3v) is 5.67. The molecule has 1 aromatic carbocycles. The number of carbonyl (C=O) groups excluding carboxylic acids is 1. The Morgan fingerprint density at radius 1 is 1.11 bits per heavy atom. The van der Waals surface area contributed by atoms with Gasteiger partial charge >= 0.3 is 0 Å². The summed E-state index contributed by atoms with van der Waals surface area (Å²) in [6.07, 6.45) is 2.58. The molecule has 2 aliphatic heterocycles. The molecule has 144 valence electrons. The van der Waals surface area contributed by atoms with Gasteiger partial charge in [-0.05, 0) is 50.2 Å². The number of likely N-dealkylation sites (N-methyl/N-ethyl adjacent to an activating group) is 1. The first kappa shape index (κ1) is 18.2. The lowest BCUT2D eigenvalue weighted by Gasteiger charge is -2.22. The molecule has 4 rings (SSSR count). The maximum absolute atomic E-state index is 12.9. The first-order chi connectivity index (χ1) is 13.1. The van der Waals surface area contributed by atoms with Crippen LogP contribution in [0.4, 0.5) is 0 Å². The number of aromatic nitrogens is 2. The molecule has 27 heavy (non-hydrogen) atoms. The van der Waals surface area contributed by atoms with Crippen molar-refractivity contribution in [2.45, 2.75) is 39.0 Å². The third-order valence-electron chi connectivity index (χ3n) is 5.67. The lowest BCUT2D eigenvalue weighted by atomic mass is 10.1. The molecule has 6 heteroatoms. The highest BCUT2D eigenvalue weighted by atomic mass is 16.2. The second-order valence-corrected chi connectivity index (χ2v) is 7.90. The number of carbonyl (C=O) groups is 1. The SMILES string of the molecule is CN1CCn2nc(C(=O)N(C)Cc3ccccc3CN3CCCC3)cc2C1. The van der Waals surface area contributed by atoms with E-state index in [0.717, 1.165) is 31.9 Å². The highest BCUT2D eigenvalue weighted by molar-refractivity contribution is 5.92. The van der Waals surface area contributed by atoms with Crippen LogP contribution in [0.25, 0.3) is 0 Å². The molecule has 0 N–H and O–H groups in total. The van der Waals surface area contributed by atoms with Gasteiger partial charge in [0.25, 0.3) is 5.91 Å². The summed E-state index contributed by atoms with van der Waals surface area (Å²) in [6, 6.07) is 10.4. The first-order valence-electron chi connectivity index (χ1n) is 9.90. The Morgan fingerprint density at radius 3 is 2.63 bits per heavy atom. The number of nitrogens with zero attached hydrogens (tertiary/aromatic N) is 5. The molecule has 0 atom stereocenters. The van der Waals surface area contributed by atoms with Crippen LogP contribution in [0, 0.1) is 0 Å². The zero-order valence-corrected chi connectivity index (χ0v) is 16.4. The van der Waals surface area contributed by atoms with Gasteiger partial charge < -0.3 is 4.90 Å². The Hall–Kier alpha value is -2.18. The average molecular weight is 367 g/mol. The zero-order chi connectivity index (χ0) is 18.8. The Kier molecular flexibility index (Phi) is 5.27. The van der Waals surface area contributed by atoms with Gasteiger partial charge in [0.15, 0.2) is 5.69 Å². The van der Waals surface area contributed by atoms with E-state index in [1.54, 1.807) is 4.90 Å². The number of benzene rings is 1. The summed E-state index contributed by atoms with van der Waals surface area (Å²) in [6.45, 7) is 6.62. The average Bonchev–Trinajstić information content (AvgIpc) is 3.31. The van der Waals surface area contributed by atoms with Crippen molar-refractivity contribution in [2.24, 2.45) is 0 Å². The van der Waals surface area contributed by atoms with Gasteiger partial charge in [-0.25, -0.2) is 0 Å². The summed E-state index contributed by atoms with van der Waals surface area (Å²) >= 11 is 0. The molecule has 2 aliphatic rings. The molecule has 0 saturated carbocycles. The molecule has 1 aromatic heterocycles. The van der Waals surface area contributed by atoms with Gasteiger partial charge in [-0.2, -0.15) is 5.10 Å². The quantitative estimate of drug-likeness (QED) is 0.813. The molecular weight excluding hydrogens is 338 g/mol. The fraction of sp³-hybridized carbons (Fsp3) is 0.524. The van der Waals surface area contributed by atoms with Crippen LogP contribution in [0.5, 0.6) is 0 Å². The molecular formula is C21H29N5O. The van der Waals surface area contributed by atoms with Crippen LogP contribution in [0.15, 0.2) is 30.3 Å². The largest absolute Gasteiger partial charge is 0.336 e. The smallest absolute Gasteiger partial charge is 0.274 e. The Balaban J connectivity index is 1.46. The highest BCUT2D eigenvalue weighted by Crippen LogP contribution is 2.19. The monoisotopic (exact) mass is 367 g/mol. The minimum atomic E-state index is -0.00414. The van der Waals surface area contributed by atoms with Crippen LogP contribution in [0.2, 0.25) is 0 Å². The van der Waals surface area contributed by atoms with E-state index in [1.165, 1.54) is 37.1 Å². The molecule has 6 nitrogen and oxygen atoms in total. The lowest BCUT2D eigenvalue weighted by Crippen LogP contribution is -2.30. The van der Waals surface area contributed by atoms with Crippen LogP contribution in [0.1, 0.15) is 40.2 Å². The van der Waals surface area contributed by atoms with E-state index in [2.05, 4.69) is 46.2 Å². The molecule has 1 amide bonds. The van der Waals surface area contributed by atoms with Gasteiger partial charge in [0.1, 0.15) is 0 Å². The maximum Gasteiger partial charge on any atom is 0.274 e. The van der Waals surface area contributed by atoms with Crippen molar-refractivity contribution in [3.8, 4) is 0 Å². The molecule has 3 heterocycles. The van der Waals surface area contributed by atoms with E-state index in [-0.39, 0.29) is 5.91 Å². The van der Waals surface area contributed by atoms with E-state index < -0.39 is 0 Å². The normalized spacial score (nSPS) is 17.9. The van der Waals surface area contributed by atoms with Gasteiger partial charge in [-0.15, -0.1) is 0 Å². The zero-order valence-electron chi connectivity index (χ0n) is 16.4. The molecule has 0 spiro atoms. The van der Waals surface area contributed by atoms with Crippen LogP contribution in [-0.4, -0.2) is 64.1 Å². The van der Waals surface area contributed by atoms with Gasteiger partial charge in [0.2, 0.25) is 0 Å². The van der Waals surface area contributed by atoms with Gasteiger partial charge in [0.05, 0.1) is 12.2 Å². The number of likely N-dealkylation sites (tertiary alicyclic amines) is 1. The number of hydrogen-bond donors (Lipinski definition) is 0. The van der Waals surface area contributed by atoms with Crippen molar-refractivity contribution in [3.63, 3.8) is 0 Å². The van der Waals surface area contributed by atoms with Crippen LogP contribution < -0.4 is 0 Å². The van der Waals surface area contributed by atoms with E-state index >= 15 is 0 Å². The number of hydrogen-bond acceptors (Lipinski definition) is 4. The van der Waals surface area contributed by atoms with Crippen molar-refractivity contribution < 1.29 is 4.79 Å². The van der Waals surface area contributed by atoms with Crippen molar-refractivity contribution in [1.29, 1.82) is 0 Å². The second kappa shape index (κ2) is 7.82. The standard InChI is InChI=1S/C21H29N5O/c1-23-11-12-26-19(16-23)13-20(22-26)21(27)24(2)14-17-7-3-4-8-18(17)15-25-9-5-6-10-25/h3-4,7-8,13H,5-6,9-12,14-16H2,1-2H3. The predicted molar refractivity (Wildman–Crippen MR) is 105 cm³/mol. The minimum absolute atomic E-state index is 0.00414. The third kappa shape index (κ3) is 4.06. The predicted octanol–water partition coefficient (Wildman–Crippen LogP) is 2.20. The summed E-state index contributed by atoms with van der Waals surface area (Å²) in [7, 11) is 3.97. The Labute approximate surface area is 161 Å². The fourth-order valence-electron chi connectivity index (χ4n) is 4.07. The first-order valence-corrected chi connectivity index (χ1v) is 9.90. The number of amides is 1. The summed E-state index contributed by atoms with van der Waals surface area (Å²) in [4.78, 5) is 19.5. The van der Waals surface area contributed by atoms with Crippen LogP contribution >= 0.6 is 0 Å². The van der Waals surface area contributed by atoms with Crippen molar-refractivity contribution in [3.05, 3.63) is 52.8 Å². The Morgan fingerprint density at radius 2 is 1.85 bits per heavy atom. The van der Waals surface area contributed by atoms with Crippen molar-refractivity contribution in [2.75, 3.05) is 33.7 Å². The summed E-state index contributed by atoms with van der Waals surface area (Å²) < 4.78 is 1.97. The lowest BCUT2D eigenvalue weighted by molar-refractivity contribution is 0.0777. The van der Waals surface area contributed by atoms with Gasteiger partial charge in [-0.3, -0.25) is 19.3 Å². The molecule has 1 fully saturated rings. The number of fused-ring (bicyclic) bond motifs is 1. The van der Waals surface area contributed by atoms with Crippen LogP contribution in [-0.2, 0) is 26.2 Å². The van der Waals surface area contributed by atoms with E-state index in [4.69, 9.17) is 0 Å². The van der Waals surface area contributed by atoms with E-state index in [0.29, 0.717) is 12.2 Å². The van der Waals surface area contributed by atoms with Crippen LogP contribution in [0.3, 0.4) is 0 Å². The summed E-state index contributed by atoms with van der Waals surface area (Å²) in [5.41, 5.74) is 4.23. The van der Waals surface area contributed by atoms with Gasteiger partial charge in [-0.1, -0.05) is 24.3 Å². The molecule has 0 unspecified atom stereocenters. The molecule has 0 bridgehead atoms. The molecule has 0 aliphatic carbocycles. The highest BCUT2D eigenvalue weighted by Gasteiger charge is 2.22. The number of rotatable bonds is 5. The summed E-state index contributed by atoms with van der Waals surface area (Å²) in [5.74, 6) is -0.00414. The Bertz CT molecular complexity index is 809. The maximum atomic E-state index is 12.9. The molecule has 0 radical (unpaired) electrons.